The highest BCUT2D eigenvalue weighted by Gasteiger charge is 2.25. The molecule has 0 aliphatic heterocycles. The molecular formula is C16H13ClF2O. The number of carbonyl (C=O) groups is 1. The van der Waals surface area contributed by atoms with Crippen LogP contribution in [-0.2, 0) is 0 Å². The molecule has 0 aromatic heterocycles. The highest BCUT2D eigenvalue weighted by Crippen LogP contribution is 2.27. The summed E-state index contributed by atoms with van der Waals surface area (Å²) < 4.78 is 25.5. The quantitative estimate of drug-likeness (QED) is 0.712. The molecule has 1 unspecified atom stereocenters. The Morgan fingerprint density at radius 3 is 2.15 bits per heavy atom. The minimum Gasteiger partial charge on any atom is -0.293 e. The van der Waals surface area contributed by atoms with Crippen molar-refractivity contribution in [2.45, 2.75) is 18.8 Å². The third-order valence-corrected chi connectivity index (χ3v) is 3.31. The van der Waals surface area contributed by atoms with Gasteiger partial charge in [-0.15, -0.1) is 0 Å². The zero-order valence-corrected chi connectivity index (χ0v) is 11.4. The highest BCUT2D eigenvalue weighted by molar-refractivity contribution is 6.30. The van der Waals surface area contributed by atoms with Crippen LogP contribution in [-0.4, -0.2) is 12.2 Å². The monoisotopic (exact) mass is 294 g/mol. The van der Waals surface area contributed by atoms with E-state index in [2.05, 4.69) is 0 Å². The average molecular weight is 295 g/mol. The smallest absolute Gasteiger partial charge is 0.239 e. The Morgan fingerprint density at radius 2 is 1.60 bits per heavy atom. The number of benzene rings is 2. The number of hydrogen-bond donors (Lipinski definition) is 0. The first-order valence-electron chi connectivity index (χ1n) is 6.21. The summed E-state index contributed by atoms with van der Waals surface area (Å²) in [6.07, 6.45) is -3.01. The molecular weight excluding hydrogens is 282 g/mol. The van der Waals surface area contributed by atoms with Crippen LogP contribution < -0.4 is 0 Å². The predicted octanol–water partition coefficient (Wildman–Crippen LogP) is 4.96. The molecule has 104 valence electrons. The van der Waals surface area contributed by atoms with Crippen LogP contribution in [0.1, 0.15) is 28.3 Å². The average Bonchev–Trinajstić information content (AvgIpc) is 2.45. The highest BCUT2D eigenvalue weighted by atomic mass is 35.5. The van der Waals surface area contributed by atoms with Gasteiger partial charge < -0.3 is 0 Å². The van der Waals surface area contributed by atoms with Crippen molar-refractivity contribution in [2.24, 2.45) is 0 Å². The fraction of sp³-hybridized carbons (Fsp3) is 0.188. The molecule has 0 N–H and O–H groups in total. The van der Waals surface area contributed by atoms with Gasteiger partial charge in [0.2, 0.25) is 6.43 Å². The molecule has 1 atom stereocenters. The molecule has 0 aliphatic carbocycles. The third kappa shape index (κ3) is 3.64. The van der Waals surface area contributed by atoms with Gasteiger partial charge >= 0.3 is 0 Å². The first-order chi connectivity index (χ1) is 9.58. The maximum atomic E-state index is 12.7. The van der Waals surface area contributed by atoms with Crippen LogP contribution in [0.5, 0.6) is 0 Å². The van der Waals surface area contributed by atoms with Crippen molar-refractivity contribution in [1.29, 1.82) is 0 Å². The van der Waals surface area contributed by atoms with Crippen molar-refractivity contribution in [1.82, 2.24) is 0 Å². The van der Waals surface area contributed by atoms with Gasteiger partial charge in [-0.05, 0) is 29.8 Å². The molecule has 0 saturated carbocycles. The second kappa shape index (κ2) is 6.62. The lowest BCUT2D eigenvalue weighted by Gasteiger charge is -2.16. The first-order valence-corrected chi connectivity index (χ1v) is 6.58. The van der Waals surface area contributed by atoms with E-state index in [9.17, 15) is 13.6 Å². The number of halogens is 3. The summed E-state index contributed by atoms with van der Waals surface area (Å²) in [6, 6.07) is 14.9. The maximum Gasteiger partial charge on any atom is 0.239 e. The molecule has 0 spiro atoms. The minimum absolute atomic E-state index is 0.312. The van der Waals surface area contributed by atoms with E-state index in [1.807, 2.05) is 0 Å². The summed E-state index contributed by atoms with van der Waals surface area (Å²) in [5.41, 5.74) is 0.997. The summed E-state index contributed by atoms with van der Waals surface area (Å²) in [4.78, 5) is 12.4. The fourth-order valence-corrected chi connectivity index (χ4v) is 2.20. The van der Waals surface area contributed by atoms with Gasteiger partial charge in [-0.3, -0.25) is 4.79 Å². The van der Waals surface area contributed by atoms with E-state index in [1.54, 1.807) is 54.6 Å². The number of carbonyl (C=O) groups excluding carboxylic acids is 1. The third-order valence-electron chi connectivity index (χ3n) is 3.06. The Labute approximate surface area is 121 Å². The van der Waals surface area contributed by atoms with E-state index in [0.29, 0.717) is 16.1 Å². The topological polar surface area (TPSA) is 17.1 Å². The van der Waals surface area contributed by atoms with Crippen LogP contribution in [0.25, 0.3) is 0 Å². The van der Waals surface area contributed by atoms with Gasteiger partial charge in [0.25, 0.3) is 0 Å². The summed E-state index contributed by atoms with van der Waals surface area (Å²) >= 11 is 5.77. The predicted molar refractivity (Wildman–Crippen MR) is 75.6 cm³/mol. The molecule has 0 amide bonds. The van der Waals surface area contributed by atoms with Crippen molar-refractivity contribution < 1.29 is 13.6 Å². The molecule has 1 nitrogen and oxygen atoms in total. The van der Waals surface area contributed by atoms with E-state index in [-0.39, 0.29) is 5.78 Å². The normalized spacial score (nSPS) is 12.4. The van der Waals surface area contributed by atoms with Gasteiger partial charge in [-0.25, -0.2) is 8.78 Å². The molecule has 0 aliphatic rings. The number of alkyl halides is 2. The number of Topliss-reactive ketones (excluding diaryl/α,β-unsaturated/α-hetero) is 1. The number of rotatable bonds is 5. The van der Waals surface area contributed by atoms with Crippen molar-refractivity contribution in [2.75, 3.05) is 0 Å². The molecule has 0 saturated heterocycles. The largest absolute Gasteiger partial charge is 0.293 e. The van der Waals surface area contributed by atoms with Crippen molar-refractivity contribution in [3.05, 3.63) is 70.7 Å². The standard InChI is InChI=1S/C16H13ClF2O/c17-13-8-6-12(7-9-13)16(20)14(10-15(18)19)11-4-2-1-3-5-11/h1-9,14-15H,10H2. The maximum absolute atomic E-state index is 12.7. The molecule has 2 aromatic rings. The van der Waals surface area contributed by atoms with Crippen molar-refractivity contribution in [3.63, 3.8) is 0 Å². The van der Waals surface area contributed by atoms with Gasteiger partial charge in [-0.1, -0.05) is 41.9 Å². The van der Waals surface area contributed by atoms with Crippen LogP contribution in [0.2, 0.25) is 5.02 Å². The van der Waals surface area contributed by atoms with Crippen LogP contribution in [0.3, 0.4) is 0 Å². The van der Waals surface area contributed by atoms with Crippen molar-refractivity contribution >= 4 is 17.4 Å². The SMILES string of the molecule is O=C(c1ccc(Cl)cc1)C(CC(F)F)c1ccccc1. The lowest BCUT2D eigenvalue weighted by molar-refractivity contribution is 0.0861. The van der Waals surface area contributed by atoms with Gasteiger partial charge in [-0.2, -0.15) is 0 Å². The van der Waals surface area contributed by atoms with Gasteiger partial charge in [0.1, 0.15) is 0 Å². The Kier molecular flexibility index (Phi) is 4.85. The van der Waals surface area contributed by atoms with Gasteiger partial charge in [0, 0.05) is 17.0 Å². The van der Waals surface area contributed by atoms with Gasteiger partial charge in [0.15, 0.2) is 5.78 Å². The van der Waals surface area contributed by atoms with E-state index in [1.165, 1.54) is 0 Å². The first kappa shape index (κ1) is 14.7. The summed E-state index contributed by atoms with van der Waals surface area (Å²) in [5.74, 6) is -1.15. The van der Waals surface area contributed by atoms with E-state index < -0.39 is 18.8 Å². The zero-order valence-electron chi connectivity index (χ0n) is 10.6. The Morgan fingerprint density at radius 1 is 1.00 bits per heavy atom. The second-order valence-electron chi connectivity index (χ2n) is 4.46. The fourth-order valence-electron chi connectivity index (χ4n) is 2.07. The second-order valence-corrected chi connectivity index (χ2v) is 4.90. The van der Waals surface area contributed by atoms with E-state index >= 15 is 0 Å². The van der Waals surface area contributed by atoms with Crippen LogP contribution in [0.15, 0.2) is 54.6 Å². The number of hydrogen-bond acceptors (Lipinski definition) is 1. The van der Waals surface area contributed by atoms with E-state index in [4.69, 9.17) is 11.6 Å². The summed E-state index contributed by atoms with van der Waals surface area (Å²) in [7, 11) is 0. The lowest BCUT2D eigenvalue weighted by Crippen LogP contribution is -2.16. The van der Waals surface area contributed by atoms with Crippen molar-refractivity contribution in [3.8, 4) is 0 Å². The molecule has 0 fully saturated rings. The summed E-state index contributed by atoms with van der Waals surface area (Å²) in [5, 5.41) is 0.506. The summed E-state index contributed by atoms with van der Waals surface area (Å²) in [6.45, 7) is 0. The molecule has 2 aromatic carbocycles. The van der Waals surface area contributed by atoms with E-state index in [0.717, 1.165) is 0 Å². The van der Waals surface area contributed by atoms with Crippen LogP contribution in [0, 0.1) is 0 Å². The molecule has 20 heavy (non-hydrogen) atoms. The van der Waals surface area contributed by atoms with Crippen LogP contribution >= 0.6 is 11.6 Å². The Balaban J connectivity index is 2.31. The lowest BCUT2D eigenvalue weighted by atomic mass is 9.88. The van der Waals surface area contributed by atoms with Gasteiger partial charge in [0.05, 0.1) is 5.92 Å². The number of ketones is 1. The molecule has 0 radical (unpaired) electrons. The molecule has 4 heteroatoms. The molecule has 0 heterocycles. The molecule has 0 bridgehead atoms. The Hall–Kier alpha value is -1.74. The van der Waals surface area contributed by atoms with Crippen LogP contribution in [0.4, 0.5) is 8.78 Å². The minimum atomic E-state index is -2.53. The Bertz CT molecular complexity index is 567. The molecule has 2 rings (SSSR count). The zero-order chi connectivity index (χ0) is 14.5.